The fourth-order valence-electron chi connectivity index (χ4n) is 4.73. The maximum absolute atomic E-state index is 13.8. The van der Waals surface area contributed by atoms with Crippen molar-refractivity contribution in [2.24, 2.45) is 0 Å². The Labute approximate surface area is 178 Å². The van der Waals surface area contributed by atoms with E-state index in [2.05, 4.69) is 10.6 Å². The molecule has 0 unspecified atom stereocenters. The average molecular weight is 413 g/mol. The van der Waals surface area contributed by atoms with Gasteiger partial charge in [-0.15, -0.1) is 0 Å². The minimum atomic E-state index is -1.43. The van der Waals surface area contributed by atoms with Gasteiger partial charge >= 0.3 is 0 Å². The number of aryl methyl sites for hydroxylation is 2. The van der Waals surface area contributed by atoms with Gasteiger partial charge in [-0.1, -0.05) is 23.8 Å². The number of anilines is 3. The van der Waals surface area contributed by atoms with Gasteiger partial charge in [0, 0.05) is 17.3 Å². The van der Waals surface area contributed by atoms with Crippen LogP contribution in [0.25, 0.3) is 0 Å². The lowest BCUT2D eigenvalue weighted by Gasteiger charge is -2.44. The van der Waals surface area contributed by atoms with Gasteiger partial charge in [-0.05, 0) is 49.7 Å². The Balaban J connectivity index is 1.65. The number of nitrogens with zero attached hydrogens (tertiary/aromatic N) is 1. The molecule has 1 spiro atoms. The third-order valence-electron chi connectivity index (χ3n) is 6.06. The van der Waals surface area contributed by atoms with Gasteiger partial charge in [0.1, 0.15) is 0 Å². The normalized spacial score (nSPS) is 20.4. The molecular weight excluding hydrogens is 394 g/mol. The standard InChI is InChI=1S/C24H19N3O4/c1-13-9-14(2)21-17(10-13)24(23(29)25-21)26-18-6-4-3-5-16(18)22(28)27(24)15-7-8-19-20(11-15)31-12-30-19/h3-11,26H,12H2,1-2H3,(H,25,29)/t24-/m0/s1. The molecule has 0 aliphatic carbocycles. The summed E-state index contributed by atoms with van der Waals surface area (Å²) in [6, 6.07) is 16.5. The Morgan fingerprint density at radius 1 is 0.968 bits per heavy atom. The Kier molecular flexibility index (Phi) is 3.46. The SMILES string of the molecule is Cc1cc(C)c2c(c1)[C@@]1(Nc3ccccc3C(=O)N1c1ccc3c(c1)OCO3)C(=O)N2. The van der Waals surface area contributed by atoms with Crippen molar-refractivity contribution in [2.45, 2.75) is 19.5 Å². The summed E-state index contributed by atoms with van der Waals surface area (Å²) in [4.78, 5) is 29.0. The number of para-hydroxylation sites is 1. The lowest BCUT2D eigenvalue weighted by Crippen LogP contribution is -2.61. The van der Waals surface area contributed by atoms with E-state index >= 15 is 0 Å². The van der Waals surface area contributed by atoms with E-state index in [1.807, 2.05) is 44.2 Å². The molecule has 3 aromatic carbocycles. The van der Waals surface area contributed by atoms with Crippen molar-refractivity contribution >= 4 is 28.9 Å². The summed E-state index contributed by atoms with van der Waals surface area (Å²) in [5.74, 6) is 0.573. The highest BCUT2D eigenvalue weighted by atomic mass is 16.7. The Hall–Kier alpha value is -4.00. The summed E-state index contributed by atoms with van der Waals surface area (Å²) < 4.78 is 11.0. The topological polar surface area (TPSA) is 79.9 Å². The molecule has 3 heterocycles. The minimum absolute atomic E-state index is 0.126. The molecule has 0 saturated heterocycles. The summed E-state index contributed by atoms with van der Waals surface area (Å²) in [6.07, 6.45) is 0. The second-order valence-electron chi connectivity index (χ2n) is 8.02. The van der Waals surface area contributed by atoms with Crippen LogP contribution in [0.2, 0.25) is 0 Å². The molecule has 3 aliphatic heterocycles. The van der Waals surface area contributed by atoms with Crippen molar-refractivity contribution < 1.29 is 19.1 Å². The Morgan fingerprint density at radius 2 is 1.77 bits per heavy atom. The summed E-state index contributed by atoms with van der Waals surface area (Å²) in [5.41, 5.74) is 3.62. The summed E-state index contributed by atoms with van der Waals surface area (Å²) in [6.45, 7) is 4.06. The molecule has 7 heteroatoms. The van der Waals surface area contributed by atoms with Gasteiger partial charge < -0.3 is 20.1 Å². The number of ether oxygens (including phenoxy) is 2. The highest BCUT2D eigenvalue weighted by molar-refractivity contribution is 6.22. The zero-order chi connectivity index (χ0) is 21.3. The van der Waals surface area contributed by atoms with Crippen molar-refractivity contribution in [2.75, 3.05) is 22.3 Å². The maximum Gasteiger partial charge on any atom is 0.276 e. The van der Waals surface area contributed by atoms with E-state index < -0.39 is 5.66 Å². The molecule has 7 nitrogen and oxygen atoms in total. The highest BCUT2D eigenvalue weighted by Crippen LogP contribution is 2.49. The average Bonchev–Trinajstić information content (AvgIpc) is 3.32. The second kappa shape index (κ2) is 6.01. The molecule has 6 rings (SSSR count). The largest absolute Gasteiger partial charge is 0.454 e. The van der Waals surface area contributed by atoms with Gasteiger partial charge in [0.2, 0.25) is 12.5 Å². The fourth-order valence-corrected chi connectivity index (χ4v) is 4.73. The van der Waals surface area contributed by atoms with E-state index in [1.165, 1.54) is 4.90 Å². The molecule has 0 fully saturated rings. The number of carbonyl (C=O) groups excluding carboxylic acids is 2. The van der Waals surface area contributed by atoms with Crippen LogP contribution in [0.15, 0.2) is 54.6 Å². The number of carbonyl (C=O) groups is 2. The predicted octanol–water partition coefficient (Wildman–Crippen LogP) is 3.91. The number of rotatable bonds is 1. The smallest absolute Gasteiger partial charge is 0.276 e. The third kappa shape index (κ3) is 2.28. The molecule has 0 aromatic heterocycles. The maximum atomic E-state index is 13.8. The van der Waals surface area contributed by atoms with E-state index in [9.17, 15) is 9.59 Å². The first kappa shape index (κ1) is 17.8. The van der Waals surface area contributed by atoms with Crippen LogP contribution in [-0.2, 0) is 10.5 Å². The molecule has 2 N–H and O–H groups in total. The van der Waals surface area contributed by atoms with Gasteiger partial charge in [0.25, 0.3) is 11.8 Å². The number of hydrogen-bond acceptors (Lipinski definition) is 5. The highest BCUT2D eigenvalue weighted by Gasteiger charge is 2.57. The number of fused-ring (bicyclic) bond motifs is 4. The predicted molar refractivity (Wildman–Crippen MR) is 116 cm³/mol. The van der Waals surface area contributed by atoms with E-state index in [4.69, 9.17) is 9.47 Å². The zero-order valence-corrected chi connectivity index (χ0v) is 17.0. The third-order valence-corrected chi connectivity index (χ3v) is 6.06. The van der Waals surface area contributed by atoms with Gasteiger partial charge in [0.15, 0.2) is 11.5 Å². The fraction of sp³-hybridized carbons (Fsp3) is 0.167. The van der Waals surface area contributed by atoms with Crippen LogP contribution < -0.4 is 25.0 Å². The van der Waals surface area contributed by atoms with Crippen LogP contribution in [-0.4, -0.2) is 18.6 Å². The van der Waals surface area contributed by atoms with Crippen LogP contribution in [0.4, 0.5) is 17.1 Å². The van der Waals surface area contributed by atoms with Crippen molar-refractivity contribution in [3.63, 3.8) is 0 Å². The first-order chi connectivity index (χ1) is 15.0. The van der Waals surface area contributed by atoms with E-state index in [0.29, 0.717) is 28.4 Å². The molecule has 154 valence electrons. The first-order valence-corrected chi connectivity index (χ1v) is 10.0. The van der Waals surface area contributed by atoms with Gasteiger partial charge in [-0.25, -0.2) is 0 Å². The minimum Gasteiger partial charge on any atom is -0.454 e. The van der Waals surface area contributed by atoms with Gasteiger partial charge in [-0.3, -0.25) is 14.5 Å². The van der Waals surface area contributed by atoms with E-state index in [0.717, 1.165) is 22.4 Å². The first-order valence-electron chi connectivity index (χ1n) is 10.0. The Morgan fingerprint density at radius 3 is 2.65 bits per heavy atom. The van der Waals surface area contributed by atoms with Crippen molar-refractivity contribution in [3.8, 4) is 11.5 Å². The van der Waals surface area contributed by atoms with Crippen LogP contribution in [0.3, 0.4) is 0 Å². The van der Waals surface area contributed by atoms with E-state index in [1.54, 1.807) is 24.3 Å². The molecule has 0 saturated carbocycles. The molecular formula is C24H19N3O4. The second-order valence-corrected chi connectivity index (χ2v) is 8.02. The van der Waals surface area contributed by atoms with Gasteiger partial charge in [-0.2, -0.15) is 0 Å². The van der Waals surface area contributed by atoms with Crippen molar-refractivity contribution in [3.05, 3.63) is 76.9 Å². The molecule has 3 aromatic rings. The van der Waals surface area contributed by atoms with Crippen molar-refractivity contribution in [1.29, 1.82) is 0 Å². The molecule has 3 aliphatic rings. The van der Waals surface area contributed by atoms with Crippen LogP contribution in [0.5, 0.6) is 11.5 Å². The molecule has 1 atom stereocenters. The lowest BCUT2D eigenvalue weighted by atomic mass is 9.90. The van der Waals surface area contributed by atoms with Crippen LogP contribution >= 0.6 is 0 Å². The van der Waals surface area contributed by atoms with E-state index in [-0.39, 0.29) is 18.6 Å². The summed E-state index contributed by atoms with van der Waals surface area (Å²) in [5, 5.41) is 6.41. The number of hydrogen-bond donors (Lipinski definition) is 2. The molecule has 0 bridgehead atoms. The number of amides is 2. The summed E-state index contributed by atoms with van der Waals surface area (Å²) >= 11 is 0. The number of benzene rings is 3. The monoisotopic (exact) mass is 413 g/mol. The Bertz CT molecular complexity index is 1300. The summed E-state index contributed by atoms with van der Waals surface area (Å²) in [7, 11) is 0. The van der Waals surface area contributed by atoms with Crippen LogP contribution in [0, 0.1) is 13.8 Å². The van der Waals surface area contributed by atoms with Crippen molar-refractivity contribution in [1.82, 2.24) is 0 Å². The number of nitrogens with one attached hydrogen (secondary N) is 2. The quantitative estimate of drug-likeness (QED) is 0.632. The molecule has 31 heavy (non-hydrogen) atoms. The lowest BCUT2D eigenvalue weighted by molar-refractivity contribution is -0.119. The van der Waals surface area contributed by atoms with Crippen LogP contribution in [0.1, 0.15) is 27.0 Å². The molecule has 2 amide bonds. The zero-order valence-electron chi connectivity index (χ0n) is 17.0. The molecule has 0 radical (unpaired) electrons. The van der Waals surface area contributed by atoms with Gasteiger partial charge in [0.05, 0.1) is 16.9 Å².